The van der Waals surface area contributed by atoms with Gasteiger partial charge in [-0.15, -0.1) is 0 Å². The van der Waals surface area contributed by atoms with E-state index in [1.807, 2.05) is 6.07 Å². The van der Waals surface area contributed by atoms with Crippen molar-refractivity contribution >= 4 is 0 Å². The van der Waals surface area contributed by atoms with Crippen LogP contribution < -0.4 is 5.56 Å². The molecule has 4 N–H and O–H groups in total. The molecule has 7 nitrogen and oxygen atoms in total. The predicted octanol–water partition coefficient (Wildman–Crippen LogP) is -1.34. The summed E-state index contributed by atoms with van der Waals surface area (Å²) in [5.41, 5.74) is 1.47. The van der Waals surface area contributed by atoms with Gasteiger partial charge in [-0.25, -0.2) is 0 Å². The first-order chi connectivity index (χ1) is 10.0. The fourth-order valence-corrected chi connectivity index (χ4v) is 3.11. The lowest BCUT2D eigenvalue weighted by Crippen LogP contribution is -2.39. The minimum atomic E-state index is -1.92. The van der Waals surface area contributed by atoms with Gasteiger partial charge in [-0.2, -0.15) is 0 Å². The molecule has 1 saturated heterocycles. The smallest absolute Gasteiger partial charge is 0.256 e. The van der Waals surface area contributed by atoms with Gasteiger partial charge in [0.25, 0.3) is 5.56 Å². The van der Waals surface area contributed by atoms with Crippen molar-refractivity contribution in [3.63, 3.8) is 0 Å². The summed E-state index contributed by atoms with van der Waals surface area (Å²) >= 11 is 0. The van der Waals surface area contributed by atoms with Crippen LogP contribution in [0, 0.1) is 0 Å². The Morgan fingerprint density at radius 2 is 1.90 bits per heavy atom. The van der Waals surface area contributed by atoms with E-state index in [0.29, 0.717) is 12.0 Å². The summed E-state index contributed by atoms with van der Waals surface area (Å²) in [5, 5.41) is 38.1. The zero-order valence-electron chi connectivity index (χ0n) is 11.4. The van der Waals surface area contributed by atoms with E-state index in [9.17, 15) is 15.0 Å². The van der Waals surface area contributed by atoms with Crippen molar-refractivity contribution < 1.29 is 25.2 Å². The Balaban J connectivity index is 1.96. The molecule has 0 radical (unpaired) electrons. The SMILES string of the molecule is O=c1c2c(ccn1[C@@H]1O[C@@H](C(O)O)[C@@H](O)[C@H]1O)CCCC2. The maximum atomic E-state index is 12.5. The third-order valence-corrected chi connectivity index (χ3v) is 4.28. The maximum absolute atomic E-state index is 12.5. The van der Waals surface area contributed by atoms with Crippen LogP contribution in [0.2, 0.25) is 0 Å². The molecule has 2 aliphatic rings. The van der Waals surface area contributed by atoms with Crippen LogP contribution in [0.25, 0.3) is 0 Å². The van der Waals surface area contributed by atoms with Gasteiger partial charge in [0.15, 0.2) is 12.5 Å². The number of aliphatic hydroxyl groups is 4. The van der Waals surface area contributed by atoms with Gasteiger partial charge in [0.2, 0.25) is 0 Å². The van der Waals surface area contributed by atoms with Crippen LogP contribution in [0.15, 0.2) is 17.1 Å². The van der Waals surface area contributed by atoms with Gasteiger partial charge in [-0.1, -0.05) is 0 Å². The third kappa shape index (κ3) is 2.41. The second-order valence-electron chi connectivity index (χ2n) is 5.63. The lowest BCUT2D eigenvalue weighted by Gasteiger charge is -2.22. The number of ether oxygens (including phenoxy) is 1. The Morgan fingerprint density at radius 1 is 1.19 bits per heavy atom. The van der Waals surface area contributed by atoms with Crippen LogP contribution in [0.1, 0.15) is 30.2 Å². The summed E-state index contributed by atoms with van der Waals surface area (Å²) in [6, 6.07) is 1.82. The highest BCUT2D eigenvalue weighted by molar-refractivity contribution is 5.26. The quantitative estimate of drug-likeness (QED) is 0.503. The van der Waals surface area contributed by atoms with Crippen LogP contribution in [-0.2, 0) is 17.6 Å². The zero-order valence-corrected chi connectivity index (χ0v) is 11.4. The minimum Gasteiger partial charge on any atom is -0.387 e. The molecule has 1 aromatic heterocycles. The maximum Gasteiger partial charge on any atom is 0.256 e. The molecular formula is C14H19NO6. The van der Waals surface area contributed by atoms with Gasteiger partial charge in [-0.05, 0) is 37.3 Å². The topological polar surface area (TPSA) is 112 Å². The fourth-order valence-electron chi connectivity index (χ4n) is 3.11. The molecule has 0 saturated carbocycles. The number of hydrogen-bond donors (Lipinski definition) is 4. The average molecular weight is 297 g/mol. The summed E-state index contributed by atoms with van der Waals surface area (Å²) < 4.78 is 6.49. The normalized spacial score (nSPS) is 32.4. The van der Waals surface area contributed by atoms with Crippen LogP contribution >= 0.6 is 0 Å². The first-order valence-electron chi connectivity index (χ1n) is 7.11. The van der Waals surface area contributed by atoms with Crippen molar-refractivity contribution in [2.45, 2.75) is 56.5 Å². The van der Waals surface area contributed by atoms with Gasteiger partial charge in [0.1, 0.15) is 18.3 Å². The summed E-state index contributed by atoms with van der Waals surface area (Å²) in [6.45, 7) is 0. The van der Waals surface area contributed by atoms with Crippen molar-refractivity contribution in [2.75, 3.05) is 0 Å². The number of fused-ring (bicyclic) bond motifs is 1. The number of aliphatic hydroxyl groups excluding tert-OH is 3. The van der Waals surface area contributed by atoms with Crippen LogP contribution in [0.5, 0.6) is 0 Å². The first kappa shape index (κ1) is 14.7. The number of hydrogen-bond acceptors (Lipinski definition) is 6. The van der Waals surface area contributed by atoms with Gasteiger partial charge in [-0.3, -0.25) is 9.36 Å². The molecule has 0 unspecified atom stereocenters. The molecule has 7 heteroatoms. The highest BCUT2D eigenvalue weighted by Crippen LogP contribution is 2.30. The van der Waals surface area contributed by atoms with Gasteiger partial charge in [0, 0.05) is 11.8 Å². The van der Waals surface area contributed by atoms with E-state index in [2.05, 4.69) is 0 Å². The molecule has 1 fully saturated rings. The Hall–Kier alpha value is -1.25. The largest absolute Gasteiger partial charge is 0.387 e. The van der Waals surface area contributed by atoms with E-state index in [1.165, 1.54) is 10.8 Å². The molecule has 0 amide bonds. The van der Waals surface area contributed by atoms with E-state index >= 15 is 0 Å². The Labute approximate surface area is 121 Å². The Bertz CT molecular complexity index is 583. The lowest BCUT2D eigenvalue weighted by molar-refractivity contribution is -0.168. The highest BCUT2D eigenvalue weighted by atomic mass is 16.6. The molecule has 2 heterocycles. The molecule has 1 aliphatic heterocycles. The van der Waals surface area contributed by atoms with E-state index in [0.717, 1.165) is 24.8 Å². The number of aromatic nitrogens is 1. The van der Waals surface area contributed by atoms with Gasteiger partial charge < -0.3 is 25.2 Å². The van der Waals surface area contributed by atoms with Crippen molar-refractivity contribution in [1.82, 2.24) is 4.57 Å². The monoisotopic (exact) mass is 297 g/mol. The van der Waals surface area contributed by atoms with E-state index < -0.39 is 30.8 Å². The fraction of sp³-hybridized carbons (Fsp3) is 0.643. The van der Waals surface area contributed by atoms with Crippen molar-refractivity contribution in [2.24, 2.45) is 0 Å². The molecule has 4 atom stereocenters. The second kappa shape index (κ2) is 5.51. The van der Waals surface area contributed by atoms with Gasteiger partial charge >= 0.3 is 0 Å². The molecule has 1 aromatic rings. The Morgan fingerprint density at radius 3 is 2.57 bits per heavy atom. The summed E-state index contributed by atoms with van der Waals surface area (Å²) in [5.74, 6) is 0. The number of pyridine rings is 1. The van der Waals surface area contributed by atoms with E-state index in [4.69, 9.17) is 14.9 Å². The number of aryl methyl sites for hydroxylation is 1. The average Bonchev–Trinajstić information content (AvgIpc) is 2.76. The van der Waals surface area contributed by atoms with Crippen molar-refractivity contribution in [3.8, 4) is 0 Å². The molecule has 3 rings (SSSR count). The molecule has 1 aliphatic carbocycles. The summed E-state index contributed by atoms with van der Waals surface area (Å²) in [4.78, 5) is 12.5. The zero-order chi connectivity index (χ0) is 15.1. The van der Waals surface area contributed by atoms with E-state index in [1.54, 1.807) is 0 Å². The van der Waals surface area contributed by atoms with E-state index in [-0.39, 0.29) is 5.56 Å². The standard InChI is InChI=1S/C14H19NO6/c16-9-10(17)13(21-11(9)14(19)20)15-6-5-7-3-1-2-4-8(7)12(15)18/h5-6,9-11,13-14,16-17,19-20H,1-4H2/t9-,10+,11+,13+/m0/s1. The van der Waals surface area contributed by atoms with Crippen LogP contribution in [-0.4, -0.2) is 49.6 Å². The van der Waals surface area contributed by atoms with Crippen LogP contribution in [0.4, 0.5) is 0 Å². The minimum absolute atomic E-state index is 0.253. The summed E-state index contributed by atoms with van der Waals surface area (Å²) in [7, 11) is 0. The lowest BCUT2D eigenvalue weighted by atomic mass is 9.93. The highest BCUT2D eigenvalue weighted by Gasteiger charge is 2.47. The number of rotatable bonds is 2. The Kier molecular flexibility index (Phi) is 3.85. The third-order valence-electron chi connectivity index (χ3n) is 4.28. The molecular weight excluding hydrogens is 278 g/mol. The predicted molar refractivity (Wildman–Crippen MR) is 71.5 cm³/mol. The van der Waals surface area contributed by atoms with Crippen molar-refractivity contribution in [1.29, 1.82) is 0 Å². The van der Waals surface area contributed by atoms with Crippen LogP contribution in [0.3, 0.4) is 0 Å². The molecule has 0 spiro atoms. The molecule has 0 bridgehead atoms. The molecule has 116 valence electrons. The summed E-state index contributed by atoms with van der Waals surface area (Å²) in [6.07, 6.45) is -2.16. The molecule has 0 aromatic carbocycles. The van der Waals surface area contributed by atoms with Gasteiger partial charge in [0.05, 0.1) is 0 Å². The first-order valence-corrected chi connectivity index (χ1v) is 7.11. The molecule has 21 heavy (non-hydrogen) atoms. The number of nitrogens with zero attached hydrogens (tertiary/aromatic N) is 1. The second-order valence-corrected chi connectivity index (χ2v) is 5.63. The van der Waals surface area contributed by atoms with Crippen molar-refractivity contribution in [3.05, 3.63) is 33.7 Å².